The molecule has 1 saturated heterocycles. The number of ether oxygens (including phenoxy) is 2. The van der Waals surface area contributed by atoms with Gasteiger partial charge in [-0.3, -0.25) is 9.69 Å². The molecule has 7 nitrogen and oxygen atoms in total. The summed E-state index contributed by atoms with van der Waals surface area (Å²) in [5.41, 5.74) is 2.54. The average molecular weight is 449 g/mol. The Morgan fingerprint density at radius 2 is 1.73 bits per heavy atom. The monoisotopic (exact) mass is 448 g/mol. The third-order valence-corrected chi connectivity index (χ3v) is 7.31. The zero-order valence-electron chi connectivity index (χ0n) is 19.5. The molecule has 2 fully saturated rings. The predicted molar refractivity (Wildman–Crippen MR) is 128 cm³/mol. The molecule has 1 saturated carbocycles. The van der Waals surface area contributed by atoms with Crippen LogP contribution in [-0.4, -0.2) is 72.1 Å². The van der Waals surface area contributed by atoms with Crippen molar-refractivity contribution in [2.45, 2.75) is 44.1 Å². The molecular weight excluding hydrogens is 416 g/mol. The molecule has 2 aromatic rings. The van der Waals surface area contributed by atoms with Crippen LogP contribution in [0.25, 0.3) is 10.9 Å². The molecule has 174 valence electrons. The molecule has 2 aliphatic carbocycles. The van der Waals surface area contributed by atoms with Crippen LogP contribution in [0.3, 0.4) is 0 Å². The van der Waals surface area contributed by atoms with Crippen LogP contribution in [0.2, 0.25) is 0 Å². The summed E-state index contributed by atoms with van der Waals surface area (Å²) in [5, 5.41) is 0.941. The molecule has 5 rings (SSSR count). The summed E-state index contributed by atoms with van der Waals surface area (Å²) in [7, 11) is 3.25. The van der Waals surface area contributed by atoms with Gasteiger partial charge in [0.25, 0.3) is 5.91 Å². The second kappa shape index (κ2) is 9.51. The summed E-state index contributed by atoms with van der Waals surface area (Å²) in [6.45, 7) is 3.63. The number of hydrogen-bond acceptors (Lipinski definition) is 6. The van der Waals surface area contributed by atoms with E-state index in [1.807, 2.05) is 23.1 Å². The van der Waals surface area contributed by atoms with E-state index in [1.165, 1.54) is 25.7 Å². The van der Waals surface area contributed by atoms with Gasteiger partial charge in [0.2, 0.25) is 0 Å². The minimum absolute atomic E-state index is 0.0874. The SMILES string of the molecule is COc1cc2ncnc(C3C=CC(C(=O)N4CCN(C5CCCC5)CC4)=CC3)c2cc1OC. The lowest BCUT2D eigenvalue weighted by Gasteiger charge is -2.38. The summed E-state index contributed by atoms with van der Waals surface area (Å²) >= 11 is 0. The van der Waals surface area contributed by atoms with Crippen LogP contribution in [0.5, 0.6) is 11.5 Å². The highest BCUT2D eigenvalue weighted by atomic mass is 16.5. The molecule has 0 bridgehead atoms. The number of allylic oxidation sites excluding steroid dienone is 2. The first-order valence-electron chi connectivity index (χ1n) is 12.0. The number of hydrogen-bond donors (Lipinski definition) is 0. The quantitative estimate of drug-likeness (QED) is 0.695. The van der Waals surface area contributed by atoms with Gasteiger partial charge in [0.1, 0.15) is 6.33 Å². The second-order valence-corrected chi connectivity index (χ2v) is 9.11. The maximum absolute atomic E-state index is 13.1. The lowest BCUT2D eigenvalue weighted by Crippen LogP contribution is -2.51. The molecule has 0 radical (unpaired) electrons. The number of benzene rings is 1. The number of aromatic nitrogens is 2. The Balaban J connectivity index is 1.27. The third kappa shape index (κ3) is 4.34. The number of methoxy groups -OCH3 is 2. The van der Waals surface area contributed by atoms with Gasteiger partial charge >= 0.3 is 0 Å². The summed E-state index contributed by atoms with van der Waals surface area (Å²) in [4.78, 5) is 26.7. The first kappa shape index (κ1) is 21.9. The van der Waals surface area contributed by atoms with Gasteiger partial charge in [-0.15, -0.1) is 0 Å². The first-order chi connectivity index (χ1) is 16.2. The second-order valence-electron chi connectivity index (χ2n) is 9.11. The van der Waals surface area contributed by atoms with E-state index in [4.69, 9.17) is 9.47 Å². The number of piperazine rings is 1. The Morgan fingerprint density at radius 1 is 1.00 bits per heavy atom. The van der Waals surface area contributed by atoms with E-state index in [0.717, 1.165) is 60.8 Å². The molecule has 0 N–H and O–H groups in total. The van der Waals surface area contributed by atoms with Gasteiger partial charge in [-0.25, -0.2) is 9.97 Å². The van der Waals surface area contributed by atoms with E-state index in [2.05, 4.69) is 27.0 Å². The van der Waals surface area contributed by atoms with Gasteiger partial charge < -0.3 is 14.4 Å². The number of nitrogens with zero attached hydrogens (tertiary/aromatic N) is 4. The molecular formula is C26H32N4O3. The minimum Gasteiger partial charge on any atom is -0.493 e. The van der Waals surface area contributed by atoms with Crippen molar-refractivity contribution in [1.29, 1.82) is 0 Å². The van der Waals surface area contributed by atoms with E-state index < -0.39 is 0 Å². The highest BCUT2D eigenvalue weighted by Gasteiger charge is 2.29. The standard InChI is InChI=1S/C26H32N4O3/c1-32-23-15-21-22(16-24(23)33-2)27-17-28-25(21)18-7-9-19(10-8-18)26(31)30-13-11-29(12-14-30)20-5-3-4-6-20/h7,9-10,15-18,20H,3-6,8,11-14H2,1-2H3. The lowest BCUT2D eigenvalue weighted by atomic mass is 9.91. The molecule has 3 aliphatic rings. The Hall–Kier alpha value is -2.93. The molecule has 2 heterocycles. The molecule has 1 aromatic heterocycles. The average Bonchev–Trinajstić information content (AvgIpc) is 3.42. The van der Waals surface area contributed by atoms with Gasteiger partial charge in [0, 0.05) is 55.2 Å². The van der Waals surface area contributed by atoms with Crippen molar-refractivity contribution in [3.05, 3.63) is 48.0 Å². The van der Waals surface area contributed by atoms with Crippen LogP contribution in [0, 0.1) is 0 Å². The Morgan fingerprint density at radius 3 is 2.39 bits per heavy atom. The van der Waals surface area contributed by atoms with Crippen LogP contribution in [0.15, 0.2) is 42.3 Å². The van der Waals surface area contributed by atoms with Gasteiger partial charge in [0.15, 0.2) is 11.5 Å². The van der Waals surface area contributed by atoms with Crippen molar-refractivity contribution in [2.24, 2.45) is 0 Å². The predicted octanol–water partition coefficient (Wildman–Crippen LogP) is 3.70. The highest BCUT2D eigenvalue weighted by molar-refractivity contribution is 5.96. The Labute approximate surface area is 195 Å². The van der Waals surface area contributed by atoms with Crippen molar-refractivity contribution < 1.29 is 14.3 Å². The van der Waals surface area contributed by atoms with Crippen molar-refractivity contribution >= 4 is 16.8 Å². The third-order valence-electron chi connectivity index (χ3n) is 7.31. The molecule has 1 aliphatic heterocycles. The summed E-state index contributed by atoms with van der Waals surface area (Å²) in [6.07, 6.45) is 13.8. The lowest BCUT2D eigenvalue weighted by molar-refractivity contribution is -0.128. The fourth-order valence-electron chi connectivity index (χ4n) is 5.42. The van der Waals surface area contributed by atoms with Gasteiger partial charge in [-0.1, -0.05) is 31.1 Å². The Kier molecular flexibility index (Phi) is 6.31. The van der Waals surface area contributed by atoms with Crippen LogP contribution in [0.1, 0.15) is 43.7 Å². The maximum atomic E-state index is 13.1. The van der Waals surface area contributed by atoms with Crippen molar-refractivity contribution in [3.63, 3.8) is 0 Å². The molecule has 33 heavy (non-hydrogen) atoms. The smallest absolute Gasteiger partial charge is 0.253 e. The zero-order valence-corrected chi connectivity index (χ0v) is 19.5. The molecule has 0 spiro atoms. The van der Waals surface area contributed by atoms with Crippen molar-refractivity contribution in [3.8, 4) is 11.5 Å². The fraction of sp³-hybridized carbons (Fsp3) is 0.500. The number of carbonyl (C=O) groups excluding carboxylic acids is 1. The molecule has 1 atom stereocenters. The molecule has 1 unspecified atom stereocenters. The highest BCUT2D eigenvalue weighted by Crippen LogP contribution is 2.36. The normalized spacial score (nSPS) is 21.9. The number of carbonyl (C=O) groups is 1. The van der Waals surface area contributed by atoms with Crippen LogP contribution in [0.4, 0.5) is 0 Å². The summed E-state index contributed by atoms with van der Waals surface area (Å²) < 4.78 is 10.9. The Bertz CT molecular complexity index is 1080. The maximum Gasteiger partial charge on any atom is 0.253 e. The van der Waals surface area contributed by atoms with Crippen molar-refractivity contribution in [2.75, 3.05) is 40.4 Å². The zero-order chi connectivity index (χ0) is 22.8. The minimum atomic E-state index is 0.0874. The van der Waals surface area contributed by atoms with Crippen molar-refractivity contribution in [1.82, 2.24) is 19.8 Å². The van der Waals surface area contributed by atoms with E-state index in [-0.39, 0.29) is 11.8 Å². The van der Waals surface area contributed by atoms with Gasteiger partial charge in [-0.2, -0.15) is 0 Å². The van der Waals surface area contributed by atoms with E-state index in [0.29, 0.717) is 11.5 Å². The number of rotatable bonds is 5. The van der Waals surface area contributed by atoms with E-state index in [1.54, 1.807) is 20.5 Å². The summed E-state index contributed by atoms with van der Waals surface area (Å²) in [6, 6.07) is 4.55. The molecule has 1 aromatic carbocycles. The van der Waals surface area contributed by atoms with Gasteiger partial charge in [0.05, 0.1) is 25.4 Å². The first-order valence-corrected chi connectivity index (χ1v) is 12.0. The topological polar surface area (TPSA) is 67.8 Å². The van der Waals surface area contributed by atoms with Crippen LogP contribution in [-0.2, 0) is 4.79 Å². The van der Waals surface area contributed by atoms with Gasteiger partial charge in [-0.05, 0) is 25.3 Å². The molecule has 1 amide bonds. The van der Waals surface area contributed by atoms with E-state index >= 15 is 0 Å². The number of fused-ring (bicyclic) bond motifs is 1. The van der Waals surface area contributed by atoms with E-state index in [9.17, 15) is 4.79 Å². The fourth-order valence-corrected chi connectivity index (χ4v) is 5.42. The molecule has 7 heteroatoms. The number of amides is 1. The van der Waals surface area contributed by atoms with Crippen LogP contribution >= 0.6 is 0 Å². The van der Waals surface area contributed by atoms with Crippen LogP contribution < -0.4 is 9.47 Å². The largest absolute Gasteiger partial charge is 0.493 e. The summed E-state index contributed by atoms with van der Waals surface area (Å²) in [5.74, 6) is 1.54.